The molecule has 0 spiro atoms. The van der Waals surface area contributed by atoms with Gasteiger partial charge in [0.05, 0.1) is 0 Å². The third-order valence-corrected chi connectivity index (χ3v) is 2.05. The molecule has 0 aliphatic heterocycles. The van der Waals surface area contributed by atoms with Gasteiger partial charge in [0.2, 0.25) is 0 Å². The summed E-state index contributed by atoms with van der Waals surface area (Å²) in [5.41, 5.74) is 0.487. The van der Waals surface area contributed by atoms with Crippen molar-refractivity contribution in [2.24, 2.45) is 0 Å². The van der Waals surface area contributed by atoms with Crippen molar-refractivity contribution in [3.05, 3.63) is 35.6 Å². The van der Waals surface area contributed by atoms with Crippen LogP contribution in [0.4, 0.5) is 4.39 Å². The number of hydrogen-bond donors (Lipinski definition) is 0. The zero-order chi connectivity index (χ0) is 8.48. The normalized spacial score (nSPS) is 11.6. The summed E-state index contributed by atoms with van der Waals surface area (Å²) in [7, 11) is 0. The molecule has 0 bridgehead atoms. The van der Waals surface area contributed by atoms with Gasteiger partial charge in [-0.15, -0.1) is 0 Å². The van der Waals surface area contributed by atoms with E-state index in [4.69, 9.17) is 23.2 Å². The highest BCUT2D eigenvalue weighted by molar-refractivity contribution is 9.10. The van der Waals surface area contributed by atoms with Crippen LogP contribution in [-0.2, 0) is 3.24 Å². The molecule has 1 aromatic rings. The molecule has 0 aromatic heterocycles. The second kappa shape index (κ2) is 3.30. The average Bonchev–Trinajstić information content (AvgIpc) is 1.86. The van der Waals surface area contributed by atoms with Gasteiger partial charge in [0.1, 0.15) is 5.82 Å². The van der Waals surface area contributed by atoms with Crippen LogP contribution in [0.15, 0.2) is 24.3 Å². The van der Waals surface area contributed by atoms with Gasteiger partial charge in [-0.3, -0.25) is 0 Å². The zero-order valence-electron chi connectivity index (χ0n) is 5.32. The minimum absolute atomic E-state index is 0.354. The smallest absolute Gasteiger partial charge is 0.197 e. The third kappa shape index (κ3) is 2.62. The van der Waals surface area contributed by atoms with E-state index in [0.717, 1.165) is 0 Å². The fourth-order valence-corrected chi connectivity index (χ4v) is 1.15. The minimum Gasteiger partial charge on any atom is -0.207 e. The van der Waals surface area contributed by atoms with E-state index in [1.54, 1.807) is 12.1 Å². The standard InChI is InChI=1S/C7H4BrCl2F/c8-7(9,10)5-2-1-3-6(11)4-5/h1-4H. The van der Waals surface area contributed by atoms with Crippen molar-refractivity contribution in [1.82, 2.24) is 0 Å². The van der Waals surface area contributed by atoms with Crippen LogP contribution in [0, 0.1) is 5.82 Å². The first-order chi connectivity index (χ1) is 5.00. The number of hydrogen-bond acceptors (Lipinski definition) is 0. The number of benzene rings is 1. The molecule has 1 aromatic carbocycles. The minimum atomic E-state index is -1.20. The lowest BCUT2D eigenvalue weighted by Gasteiger charge is -2.10. The first kappa shape index (κ1) is 9.30. The summed E-state index contributed by atoms with van der Waals surface area (Å²) in [5.74, 6) is -0.354. The molecule has 0 aliphatic carbocycles. The average molecular weight is 258 g/mol. The van der Waals surface area contributed by atoms with Gasteiger partial charge in [0, 0.05) is 5.56 Å². The molecule has 0 amide bonds. The predicted molar refractivity (Wildman–Crippen MR) is 48.7 cm³/mol. The van der Waals surface area contributed by atoms with Gasteiger partial charge in [-0.25, -0.2) is 4.39 Å². The van der Waals surface area contributed by atoms with E-state index in [1.807, 2.05) is 0 Å². The molecular formula is C7H4BrCl2F. The molecular weight excluding hydrogens is 254 g/mol. The first-order valence-corrected chi connectivity index (χ1v) is 4.38. The van der Waals surface area contributed by atoms with Crippen molar-refractivity contribution in [2.45, 2.75) is 3.24 Å². The fourth-order valence-electron chi connectivity index (χ4n) is 0.665. The lowest BCUT2D eigenvalue weighted by Crippen LogP contribution is -1.98. The monoisotopic (exact) mass is 256 g/mol. The molecule has 4 heteroatoms. The van der Waals surface area contributed by atoms with Crippen molar-refractivity contribution in [3.63, 3.8) is 0 Å². The highest BCUT2D eigenvalue weighted by Gasteiger charge is 2.21. The van der Waals surface area contributed by atoms with Gasteiger partial charge in [-0.1, -0.05) is 35.3 Å². The van der Waals surface area contributed by atoms with E-state index in [0.29, 0.717) is 5.56 Å². The van der Waals surface area contributed by atoms with E-state index < -0.39 is 3.24 Å². The van der Waals surface area contributed by atoms with Crippen LogP contribution in [0.2, 0.25) is 0 Å². The summed E-state index contributed by atoms with van der Waals surface area (Å²) < 4.78 is 11.4. The fraction of sp³-hybridized carbons (Fsp3) is 0.143. The Balaban J connectivity index is 3.06. The van der Waals surface area contributed by atoms with Crippen molar-refractivity contribution < 1.29 is 4.39 Å². The quantitative estimate of drug-likeness (QED) is 0.672. The molecule has 0 nitrogen and oxygen atoms in total. The Kier molecular flexibility index (Phi) is 2.79. The molecule has 0 saturated carbocycles. The van der Waals surface area contributed by atoms with E-state index in [2.05, 4.69) is 15.9 Å². The maximum Gasteiger partial charge on any atom is 0.197 e. The Morgan fingerprint density at radius 3 is 2.36 bits per heavy atom. The molecule has 60 valence electrons. The zero-order valence-corrected chi connectivity index (χ0v) is 8.42. The van der Waals surface area contributed by atoms with Crippen LogP contribution in [0.5, 0.6) is 0 Å². The lowest BCUT2D eigenvalue weighted by atomic mass is 10.2. The van der Waals surface area contributed by atoms with Gasteiger partial charge < -0.3 is 0 Å². The van der Waals surface area contributed by atoms with Crippen LogP contribution in [-0.4, -0.2) is 0 Å². The van der Waals surface area contributed by atoms with Crippen molar-refractivity contribution in [2.75, 3.05) is 0 Å². The molecule has 0 unspecified atom stereocenters. The Hall–Kier alpha value is 0.210. The summed E-state index contributed by atoms with van der Waals surface area (Å²) in [6.45, 7) is 0. The van der Waals surface area contributed by atoms with Crippen LogP contribution in [0.25, 0.3) is 0 Å². The molecule has 0 aliphatic rings. The maximum atomic E-state index is 12.6. The SMILES string of the molecule is Fc1cccc(C(Cl)(Cl)Br)c1. The van der Waals surface area contributed by atoms with Gasteiger partial charge in [-0.2, -0.15) is 0 Å². The molecule has 0 heterocycles. The summed E-state index contributed by atoms with van der Waals surface area (Å²) in [5, 5.41) is 0. The number of halogens is 4. The van der Waals surface area contributed by atoms with Gasteiger partial charge in [0.25, 0.3) is 0 Å². The third-order valence-electron chi connectivity index (χ3n) is 1.15. The highest BCUT2D eigenvalue weighted by Crippen LogP contribution is 2.40. The van der Waals surface area contributed by atoms with Crippen molar-refractivity contribution >= 4 is 39.1 Å². The van der Waals surface area contributed by atoms with Crippen molar-refractivity contribution in [1.29, 1.82) is 0 Å². The largest absolute Gasteiger partial charge is 0.207 e. The van der Waals surface area contributed by atoms with Gasteiger partial charge in [0.15, 0.2) is 3.24 Å². The maximum absolute atomic E-state index is 12.6. The second-order valence-electron chi connectivity index (χ2n) is 2.01. The molecule has 0 N–H and O–H groups in total. The van der Waals surface area contributed by atoms with E-state index in [1.165, 1.54) is 12.1 Å². The van der Waals surface area contributed by atoms with Gasteiger partial charge >= 0.3 is 0 Å². The first-order valence-electron chi connectivity index (χ1n) is 2.83. The summed E-state index contributed by atoms with van der Waals surface area (Å²) in [6, 6.07) is 5.79. The lowest BCUT2D eigenvalue weighted by molar-refractivity contribution is 0.626. The van der Waals surface area contributed by atoms with E-state index >= 15 is 0 Å². The van der Waals surface area contributed by atoms with Crippen LogP contribution >= 0.6 is 39.1 Å². The molecule has 0 atom stereocenters. The highest BCUT2D eigenvalue weighted by atomic mass is 79.9. The van der Waals surface area contributed by atoms with Crippen LogP contribution < -0.4 is 0 Å². The Morgan fingerprint density at radius 2 is 2.00 bits per heavy atom. The van der Waals surface area contributed by atoms with Crippen LogP contribution in [0.3, 0.4) is 0 Å². The summed E-state index contributed by atoms with van der Waals surface area (Å²) in [6.07, 6.45) is 0. The topological polar surface area (TPSA) is 0 Å². The van der Waals surface area contributed by atoms with Crippen molar-refractivity contribution in [3.8, 4) is 0 Å². The Bertz CT molecular complexity index is 257. The van der Waals surface area contributed by atoms with Gasteiger partial charge in [-0.05, 0) is 28.1 Å². The molecule has 1 rings (SSSR count). The van der Waals surface area contributed by atoms with Crippen LogP contribution in [0.1, 0.15) is 5.56 Å². The second-order valence-corrected chi connectivity index (χ2v) is 5.44. The molecule has 0 fully saturated rings. The predicted octanol–water partition coefficient (Wildman–Crippen LogP) is 3.81. The molecule has 11 heavy (non-hydrogen) atoms. The Labute approximate surface area is 82.4 Å². The number of alkyl halides is 3. The molecule has 0 radical (unpaired) electrons. The Morgan fingerprint density at radius 1 is 1.36 bits per heavy atom. The molecule has 0 saturated heterocycles. The van der Waals surface area contributed by atoms with E-state index in [-0.39, 0.29) is 5.82 Å². The van der Waals surface area contributed by atoms with E-state index in [9.17, 15) is 4.39 Å². The summed E-state index contributed by atoms with van der Waals surface area (Å²) >= 11 is 14.3. The number of rotatable bonds is 1. The summed E-state index contributed by atoms with van der Waals surface area (Å²) in [4.78, 5) is 0.